The van der Waals surface area contributed by atoms with Crippen LogP contribution in [0.15, 0.2) is 188 Å². The van der Waals surface area contributed by atoms with Gasteiger partial charge in [0.2, 0.25) is 51.9 Å². The zero-order valence-corrected chi connectivity index (χ0v) is 79.6. The lowest BCUT2D eigenvalue weighted by Crippen LogP contribution is -2.37. The fourth-order valence-corrected chi connectivity index (χ4v) is 21.1. The average molecular weight is 1940 g/mol. The van der Waals surface area contributed by atoms with E-state index in [4.69, 9.17) is 27.4 Å². The van der Waals surface area contributed by atoms with Crippen molar-refractivity contribution in [3.05, 3.63) is 241 Å². The molecule has 130 heavy (non-hydrogen) atoms. The minimum atomic E-state index is -4.60. The van der Waals surface area contributed by atoms with E-state index in [-0.39, 0.29) is 98.9 Å². The summed E-state index contributed by atoms with van der Waals surface area (Å²) in [5.41, 5.74) is 6.12. The summed E-state index contributed by atoms with van der Waals surface area (Å²) in [6.07, 6.45) is 3.35. The Hall–Kier alpha value is -11.1. The van der Waals surface area contributed by atoms with Gasteiger partial charge in [0.1, 0.15) is 51.6 Å². The SMILES string of the molecule is CC(C)N(c1cc2c(cc1Cc1ccc(F)cc1F)C(=O)CC2)S(C)(=O)=O.CC(C)N(c1cc2occ(NC=O)c(=O)c2cc1Oc1ccccc1)S(C)(=O)=O.CCC1CSC(Sc2cc3c(cc2N(C(C)C)S(C)(=O)=O)COC3=O)=N1.COc1cc([N+](=O)[O-])ccc1NC(C)C.CS(=O)[O-].Cc1ccc(-c2cc(C(F)(F)F)nn2-c2ccc(S(=O)(=O)NC(C)C)cc2)cc1. The highest BCUT2D eigenvalue weighted by Gasteiger charge is 2.37. The third-order valence-corrected chi connectivity index (χ3v) is 26.9. The molecule has 13 rings (SSSR count). The Morgan fingerprint density at radius 1 is 0.708 bits per heavy atom. The molecule has 2 aliphatic heterocycles. The molecular formula is C88H100F5N10O20S7-. The molecule has 30 nitrogen and oxygen atoms in total. The van der Waals surface area contributed by atoms with Crippen molar-refractivity contribution in [1.29, 1.82) is 0 Å². The smallest absolute Gasteiger partial charge is 0.435 e. The number of nitrogens with one attached hydrogen (secondary N) is 3. The molecule has 8 aromatic carbocycles. The number of halogens is 5. The average Bonchev–Trinajstić information content (AvgIpc) is 1.52. The number of thioether (sulfide) groups is 2. The number of nitro groups is 1. The Bertz CT molecular complexity index is 6380. The van der Waals surface area contributed by atoms with E-state index < -0.39 is 91.1 Å². The van der Waals surface area contributed by atoms with Crippen LogP contribution in [0.1, 0.15) is 143 Å². The first-order valence-electron chi connectivity index (χ1n) is 40.1. The number of rotatable bonds is 26. The summed E-state index contributed by atoms with van der Waals surface area (Å²) in [4.78, 5) is 63.0. The molecule has 2 unspecified atom stereocenters. The number of aliphatic imine (C=N–C) groups is 1. The number of methoxy groups -OCH3 is 1. The molecule has 700 valence electrons. The van der Waals surface area contributed by atoms with Crippen molar-refractivity contribution < 1.29 is 102 Å². The zero-order chi connectivity index (χ0) is 96.6. The van der Waals surface area contributed by atoms with Gasteiger partial charge in [-0.1, -0.05) is 95.6 Å². The molecule has 0 bridgehead atoms. The van der Waals surface area contributed by atoms with Crippen LogP contribution in [-0.4, -0.2) is 154 Å². The number of alkyl halides is 3. The Morgan fingerprint density at radius 3 is 1.85 bits per heavy atom. The Morgan fingerprint density at radius 2 is 1.31 bits per heavy atom. The van der Waals surface area contributed by atoms with Gasteiger partial charge < -0.3 is 33.8 Å². The van der Waals surface area contributed by atoms with Crippen LogP contribution in [-0.2, 0) is 86.3 Å². The zero-order valence-electron chi connectivity index (χ0n) is 73.9. The number of cyclic esters (lactones) is 1. The second-order valence-electron chi connectivity index (χ2n) is 31.1. The summed E-state index contributed by atoms with van der Waals surface area (Å²) in [7, 11) is -12.9. The number of para-hydroxylation sites is 1. The predicted molar refractivity (Wildman–Crippen MR) is 497 cm³/mol. The number of nitro benzene ring substituents is 1. The number of hydrogen-bond acceptors (Lipinski definition) is 25. The molecule has 0 spiro atoms. The number of hydrogen-bond donors (Lipinski definition) is 3. The Labute approximate surface area is 762 Å². The molecule has 0 fully saturated rings. The number of aryl methyl sites for hydroxylation is 2. The molecule has 0 radical (unpaired) electrons. The lowest BCUT2D eigenvalue weighted by molar-refractivity contribution is -0.384. The number of carbonyl (C=O) groups excluding carboxylic acids is 3. The number of anilines is 5. The number of aromatic nitrogens is 2. The van der Waals surface area contributed by atoms with Crippen LogP contribution in [0, 0.1) is 28.7 Å². The quantitative estimate of drug-likeness (QED) is 0.0113. The van der Waals surface area contributed by atoms with Crippen molar-refractivity contribution in [3.63, 3.8) is 0 Å². The molecule has 1 aliphatic carbocycles. The van der Waals surface area contributed by atoms with Gasteiger partial charge in [-0.3, -0.25) is 46.6 Å². The van der Waals surface area contributed by atoms with Gasteiger partial charge in [0.15, 0.2) is 17.2 Å². The molecule has 4 heterocycles. The molecule has 2 atom stereocenters. The number of sulfonamides is 4. The number of carbonyl (C=O) groups is 3. The van der Waals surface area contributed by atoms with Crippen LogP contribution >= 0.6 is 23.5 Å². The third-order valence-electron chi connectivity index (χ3n) is 18.9. The van der Waals surface area contributed by atoms with Gasteiger partial charge in [-0.2, -0.15) is 18.3 Å². The van der Waals surface area contributed by atoms with E-state index in [2.05, 4.69) is 32.4 Å². The highest BCUT2D eigenvalue weighted by atomic mass is 32.2. The topological polar surface area (TPSA) is 405 Å². The molecule has 0 saturated carbocycles. The van der Waals surface area contributed by atoms with E-state index in [0.717, 1.165) is 82.2 Å². The lowest BCUT2D eigenvalue weighted by Gasteiger charge is -2.29. The molecule has 10 aromatic rings. The van der Waals surface area contributed by atoms with E-state index in [1.54, 1.807) is 132 Å². The van der Waals surface area contributed by atoms with Crippen molar-refractivity contribution in [1.82, 2.24) is 14.5 Å². The standard InChI is InChI=1S/C20H20F3N3O2S.C20H21F2NO3S.C20H20N2O6S.C17H22N2O4S3.C10H14N2O3.CH4O2S/c1-13(2)25-29(27,28)17-10-8-16(9-11-17)26-18(12-19(24-26)20(21,22)23)15-6-4-14(3)5-7-15;1-12(2)23(27(3,25)26)19-10-13-5-7-20(24)17(13)9-15(19)8-14-4-6-16(21)11-18(14)22;1-13(2)22(29(3,25)26)17-10-18-15(20(24)16(11-27-18)21-12-23)9-19(17)28-14-7-5-4-6-8-14;1-5-12-9-24-17(18-12)25-15-7-13-11(8-23-16(13)20)6-14(15)19(10(2)3)26(4,21)22;1-7(2)11-9-5-4-8(12(13)14)6-10(9)15-3;1-4(2)3/h4-13,25H,1-3H3;4,6,9-12H,5,7-8H2,1-3H3;4-13H,1-3H3,(H,21,23);6-7,10,12H,5,8-9H2,1-4H3;4-7,11H,1-3H3;1H3,(H,2,3)/p-1. The van der Waals surface area contributed by atoms with Gasteiger partial charge in [0.25, 0.3) is 5.69 Å². The normalized spacial score (nSPS) is 13.8. The van der Waals surface area contributed by atoms with E-state index in [1.165, 1.54) is 97.3 Å². The van der Waals surface area contributed by atoms with E-state index in [9.17, 15) is 84.9 Å². The number of non-ortho nitro benzene ring substituents is 1. The van der Waals surface area contributed by atoms with E-state index in [1.807, 2.05) is 40.7 Å². The molecule has 1 amide bonds. The highest BCUT2D eigenvalue weighted by molar-refractivity contribution is 8.39. The maximum atomic E-state index is 14.2. The minimum absolute atomic E-state index is 0.00664. The molecular weight excluding hydrogens is 1840 g/mol. The lowest BCUT2D eigenvalue weighted by atomic mass is 9.97. The Kier molecular flexibility index (Phi) is 35.8. The summed E-state index contributed by atoms with van der Waals surface area (Å²) in [6, 6.07) is 39.1. The van der Waals surface area contributed by atoms with E-state index >= 15 is 0 Å². The van der Waals surface area contributed by atoms with Gasteiger partial charge in [0.05, 0.1) is 92.9 Å². The number of fused-ring (bicyclic) bond motifs is 3. The predicted octanol–water partition coefficient (Wildman–Crippen LogP) is 17.2. The van der Waals surface area contributed by atoms with Gasteiger partial charge in [-0.05, 0) is 197 Å². The molecule has 2 aromatic heterocycles. The van der Waals surface area contributed by atoms with Gasteiger partial charge in [0, 0.05) is 88.6 Å². The molecule has 3 N–H and O–H groups in total. The first kappa shape index (κ1) is 104. The van der Waals surface area contributed by atoms with Crippen molar-refractivity contribution >= 4 is 142 Å². The maximum absolute atomic E-state index is 14.2. The Balaban J connectivity index is 0.000000201. The second-order valence-corrected chi connectivity index (χ2v) is 41.5. The van der Waals surface area contributed by atoms with Gasteiger partial charge >= 0.3 is 12.1 Å². The first-order chi connectivity index (χ1) is 60.7. The van der Waals surface area contributed by atoms with Gasteiger partial charge in [-0.15, -0.1) is 0 Å². The molecule has 42 heteroatoms. The number of amides is 1. The largest absolute Gasteiger partial charge is 0.773 e. The fraction of sp³-hybridized carbons (Fsp3) is 0.341. The highest BCUT2D eigenvalue weighted by Crippen LogP contribution is 2.44. The van der Waals surface area contributed by atoms with Crippen molar-refractivity contribution in [3.8, 4) is 34.2 Å². The first-order valence-corrected chi connectivity index (χ1v) is 50.4. The number of Topliss-reactive ketones (excluding diaryl/α,β-unsaturated/α-hetero) is 1. The third kappa shape index (κ3) is 28.0. The summed E-state index contributed by atoms with van der Waals surface area (Å²) in [5.74, 6) is 0.294. The van der Waals surface area contributed by atoms with Gasteiger partial charge in [-0.25, -0.2) is 56.7 Å². The summed E-state index contributed by atoms with van der Waals surface area (Å²) in [6.45, 7) is 22.1. The number of benzene rings is 8. The van der Waals surface area contributed by atoms with Crippen LogP contribution in [0.2, 0.25) is 0 Å². The fourth-order valence-electron chi connectivity index (χ4n) is 13.6. The van der Waals surface area contributed by atoms with Crippen LogP contribution in [0.5, 0.6) is 17.2 Å². The summed E-state index contributed by atoms with van der Waals surface area (Å²) >= 11 is 1.23. The second kappa shape index (κ2) is 44.7. The molecule has 3 aliphatic rings. The number of esters is 1. The monoisotopic (exact) mass is 1940 g/mol. The van der Waals surface area contributed by atoms with Crippen molar-refractivity contribution in [2.45, 2.75) is 168 Å². The van der Waals surface area contributed by atoms with Crippen LogP contribution < -0.4 is 43.2 Å². The van der Waals surface area contributed by atoms with Crippen LogP contribution in [0.25, 0.3) is 27.9 Å². The number of ether oxygens (including phenoxy) is 3. The molecule has 0 saturated heterocycles. The van der Waals surface area contributed by atoms with Crippen molar-refractivity contribution in [2.24, 2.45) is 4.99 Å². The maximum Gasteiger partial charge on any atom is 0.435 e. The van der Waals surface area contributed by atoms with Crippen LogP contribution in [0.4, 0.5) is 56.1 Å². The summed E-state index contributed by atoms with van der Waals surface area (Å²) < 4.78 is 214. The van der Waals surface area contributed by atoms with E-state index in [0.29, 0.717) is 81.0 Å². The van der Waals surface area contributed by atoms with Crippen molar-refractivity contribution in [2.75, 3.05) is 61.4 Å². The number of nitrogens with zero attached hydrogens (tertiary/aromatic N) is 7. The van der Waals surface area contributed by atoms with Crippen LogP contribution in [0.3, 0.4) is 0 Å². The number of ketones is 1. The minimum Gasteiger partial charge on any atom is -0.773 e. The summed E-state index contributed by atoms with van der Waals surface area (Å²) in [5, 5.41) is 19.8.